The number of aromatic nitrogens is 1. The molecule has 0 aliphatic heterocycles. The quantitative estimate of drug-likeness (QED) is 0.395. The van der Waals surface area contributed by atoms with Gasteiger partial charge >= 0.3 is 0 Å². The van der Waals surface area contributed by atoms with Crippen LogP contribution in [-0.4, -0.2) is 4.98 Å². The molecule has 0 unspecified atom stereocenters. The molecule has 74 valence electrons. The molecule has 16 heavy (non-hydrogen) atoms. The van der Waals surface area contributed by atoms with Gasteiger partial charge in [-0.15, -0.1) is 0 Å². The maximum Gasteiger partial charge on any atom is 0.0721 e. The maximum absolute atomic E-state index is 4.70. The minimum atomic E-state index is 1.08. The van der Waals surface area contributed by atoms with Crippen LogP contribution < -0.4 is 0 Å². The van der Waals surface area contributed by atoms with Crippen LogP contribution in [0.15, 0.2) is 42.5 Å². The Balaban J connectivity index is 2.38. The van der Waals surface area contributed by atoms with Crippen molar-refractivity contribution in [1.29, 1.82) is 0 Å². The number of fused-ring (bicyclic) bond motifs is 2. The highest BCUT2D eigenvalue weighted by Crippen LogP contribution is 2.34. The number of para-hydroxylation sites is 1. The lowest BCUT2D eigenvalue weighted by Gasteiger charge is -2.05. The van der Waals surface area contributed by atoms with E-state index in [1.165, 1.54) is 21.9 Å². The Morgan fingerprint density at radius 1 is 0.750 bits per heavy atom. The van der Waals surface area contributed by atoms with Crippen molar-refractivity contribution >= 4 is 34.0 Å². The molecule has 0 N–H and O–H groups in total. The van der Waals surface area contributed by atoms with E-state index >= 15 is 0 Å². The standard InChI is InChI=1S/C15H9N/c1-2-6-13-11(5-1)12-9-8-10-4-3-7-14(16-13)15(10)12/h1-9H. The van der Waals surface area contributed by atoms with Gasteiger partial charge in [0.15, 0.2) is 0 Å². The molecule has 4 rings (SSSR count). The number of hydrogen-bond acceptors (Lipinski definition) is 1. The fourth-order valence-corrected chi connectivity index (χ4v) is 2.49. The number of benzene rings is 2. The molecule has 1 heterocycles. The highest BCUT2D eigenvalue weighted by atomic mass is 14.7. The third-order valence-electron chi connectivity index (χ3n) is 3.21. The smallest absolute Gasteiger partial charge is 0.0721 e. The Morgan fingerprint density at radius 3 is 2.62 bits per heavy atom. The SMILES string of the molecule is C1=Cc2c3ccccc3nc3cccc1c23. The zero-order valence-corrected chi connectivity index (χ0v) is 8.64. The van der Waals surface area contributed by atoms with Crippen LogP contribution in [0, 0.1) is 0 Å². The van der Waals surface area contributed by atoms with E-state index in [1.807, 2.05) is 6.07 Å². The second kappa shape index (κ2) is 2.70. The van der Waals surface area contributed by atoms with Gasteiger partial charge in [-0.05, 0) is 23.3 Å². The Labute approximate surface area is 93.0 Å². The summed E-state index contributed by atoms with van der Waals surface area (Å²) in [4.78, 5) is 4.70. The van der Waals surface area contributed by atoms with Gasteiger partial charge in [0.2, 0.25) is 0 Å². The van der Waals surface area contributed by atoms with Crippen LogP contribution in [0.3, 0.4) is 0 Å². The van der Waals surface area contributed by atoms with Gasteiger partial charge in [-0.25, -0.2) is 4.98 Å². The molecule has 1 aromatic heterocycles. The largest absolute Gasteiger partial charge is 0.248 e. The van der Waals surface area contributed by atoms with Crippen LogP contribution in [0.2, 0.25) is 0 Å². The summed E-state index contributed by atoms with van der Waals surface area (Å²) in [7, 11) is 0. The van der Waals surface area contributed by atoms with E-state index in [4.69, 9.17) is 4.98 Å². The molecule has 1 aliphatic carbocycles. The zero-order chi connectivity index (χ0) is 10.5. The van der Waals surface area contributed by atoms with Gasteiger partial charge in [0.1, 0.15) is 0 Å². The van der Waals surface area contributed by atoms with E-state index in [2.05, 4.69) is 48.6 Å². The van der Waals surface area contributed by atoms with E-state index in [0.29, 0.717) is 0 Å². The molecule has 3 aromatic rings. The van der Waals surface area contributed by atoms with Crippen molar-refractivity contribution in [1.82, 2.24) is 4.98 Å². The van der Waals surface area contributed by atoms with Crippen LogP contribution >= 0.6 is 0 Å². The van der Waals surface area contributed by atoms with Gasteiger partial charge in [-0.2, -0.15) is 0 Å². The lowest BCUT2D eigenvalue weighted by Crippen LogP contribution is -1.86. The summed E-state index contributed by atoms with van der Waals surface area (Å²) in [5, 5.41) is 2.54. The molecule has 0 fully saturated rings. The lowest BCUT2D eigenvalue weighted by atomic mass is 10.0. The van der Waals surface area contributed by atoms with E-state index < -0.39 is 0 Å². The summed E-state index contributed by atoms with van der Waals surface area (Å²) in [6, 6.07) is 14.6. The van der Waals surface area contributed by atoms with Crippen molar-refractivity contribution in [3.63, 3.8) is 0 Å². The Kier molecular flexibility index (Phi) is 1.36. The normalized spacial score (nSPS) is 12.8. The monoisotopic (exact) mass is 203 g/mol. The number of hydrogen-bond donors (Lipinski definition) is 0. The molecular weight excluding hydrogens is 194 g/mol. The van der Waals surface area contributed by atoms with E-state index in [-0.39, 0.29) is 0 Å². The van der Waals surface area contributed by atoms with Gasteiger partial charge in [-0.1, -0.05) is 42.5 Å². The molecule has 1 aliphatic rings. The number of rotatable bonds is 0. The summed E-state index contributed by atoms with van der Waals surface area (Å²) in [6.07, 6.45) is 4.37. The van der Waals surface area contributed by atoms with E-state index in [9.17, 15) is 0 Å². The molecule has 2 aromatic carbocycles. The predicted molar refractivity (Wildman–Crippen MR) is 68.2 cm³/mol. The van der Waals surface area contributed by atoms with Crippen LogP contribution in [0.25, 0.3) is 34.0 Å². The first-order valence-electron chi connectivity index (χ1n) is 5.43. The highest BCUT2D eigenvalue weighted by molar-refractivity contribution is 6.11. The van der Waals surface area contributed by atoms with Crippen molar-refractivity contribution in [2.75, 3.05) is 0 Å². The maximum atomic E-state index is 4.70. The topological polar surface area (TPSA) is 12.9 Å². The molecule has 0 spiro atoms. The minimum absolute atomic E-state index is 1.08. The summed E-state index contributed by atoms with van der Waals surface area (Å²) >= 11 is 0. The van der Waals surface area contributed by atoms with Gasteiger partial charge in [0, 0.05) is 10.8 Å². The van der Waals surface area contributed by atoms with Crippen LogP contribution in [0.5, 0.6) is 0 Å². The van der Waals surface area contributed by atoms with Gasteiger partial charge < -0.3 is 0 Å². The fraction of sp³-hybridized carbons (Fsp3) is 0. The fourth-order valence-electron chi connectivity index (χ4n) is 2.49. The summed E-state index contributed by atoms with van der Waals surface area (Å²) < 4.78 is 0. The second-order valence-electron chi connectivity index (χ2n) is 4.12. The van der Waals surface area contributed by atoms with E-state index in [1.54, 1.807) is 0 Å². The first-order valence-corrected chi connectivity index (χ1v) is 5.43. The second-order valence-corrected chi connectivity index (χ2v) is 4.12. The van der Waals surface area contributed by atoms with Crippen molar-refractivity contribution in [3.8, 4) is 0 Å². The predicted octanol–water partition coefficient (Wildman–Crippen LogP) is 3.87. The highest BCUT2D eigenvalue weighted by Gasteiger charge is 2.12. The summed E-state index contributed by atoms with van der Waals surface area (Å²) in [5.74, 6) is 0. The first kappa shape index (κ1) is 8.05. The Hall–Kier alpha value is -2.15. The molecule has 0 bridgehead atoms. The molecule has 0 radical (unpaired) electrons. The summed E-state index contributed by atoms with van der Waals surface area (Å²) in [6.45, 7) is 0. The van der Waals surface area contributed by atoms with Gasteiger partial charge in [0.05, 0.1) is 11.0 Å². The molecule has 0 atom stereocenters. The lowest BCUT2D eigenvalue weighted by molar-refractivity contribution is 1.49. The molecular formula is C15H9N. The third-order valence-corrected chi connectivity index (χ3v) is 3.21. The number of nitrogens with zero attached hydrogens (tertiary/aromatic N) is 1. The van der Waals surface area contributed by atoms with Gasteiger partial charge in [0.25, 0.3) is 0 Å². The number of pyridine rings is 1. The van der Waals surface area contributed by atoms with Crippen LogP contribution in [0.1, 0.15) is 11.1 Å². The van der Waals surface area contributed by atoms with Crippen LogP contribution in [-0.2, 0) is 0 Å². The molecule has 0 saturated carbocycles. The summed E-state index contributed by atoms with van der Waals surface area (Å²) in [5.41, 5.74) is 4.77. The van der Waals surface area contributed by atoms with Crippen molar-refractivity contribution in [2.24, 2.45) is 0 Å². The van der Waals surface area contributed by atoms with Crippen molar-refractivity contribution in [2.45, 2.75) is 0 Å². The minimum Gasteiger partial charge on any atom is -0.248 e. The van der Waals surface area contributed by atoms with Crippen molar-refractivity contribution in [3.05, 3.63) is 53.6 Å². The van der Waals surface area contributed by atoms with Crippen molar-refractivity contribution < 1.29 is 0 Å². The van der Waals surface area contributed by atoms with Crippen LogP contribution in [0.4, 0.5) is 0 Å². The molecule has 0 saturated heterocycles. The average molecular weight is 203 g/mol. The molecule has 1 nitrogen and oxygen atoms in total. The molecule has 0 amide bonds. The average Bonchev–Trinajstić information content (AvgIpc) is 2.76. The van der Waals surface area contributed by atoms with E-state index in [0.717, 1.165) is 11.0 Å². The first-order chi connectivity index (χ1) is 7.93. The van der Waals surface area contributed by atoms with Gasteiger partial charge in [-0.3, -0.25) is 0 Å². The Bertz CT molecular complexity index is 754. The molecule has 1 heteroatoms. The Morgan fingerprint density at radius 2 is 1.62 bits per heavy atom. The third kappa shape index (κ3) is 0.878. The zero-order valence-electron chi connectivity index (χ0n) is 8.64.